The predicted molar refractivity (Wildman–Crippen MR) is 88.6 cm³/mol. The number of hydrogen-bond donors (Lipinski definition) is 5. The Morgan fingerprint density at radius 2 is 1.96 bits per heavy atom. The lowest BCUT2D eigenvalue weighted by Crippen LogP contribution is -2.39. The summed E-state index contributed by atoms with van der Waals surface area (Å²) in [5.41, 5.74) is 5.31. The number of hydrogen-bond acceptors (Lipinski definition) is 10. The third kappa shape index (κ3) is 2.62. The average Bonchev–Trinajstić information content (AvgIpc) is 3.14. The Kier molecular flexibility index (Phi) is 4.28. The molecule has 6 N–H and O–H groups in total. The number of morpholine rings is 1. The zero-order chi connectivity index (χ0) is 18.4. The van der Waals surface area contributed by atoms with Gasteiger partial charge in [-0.25, -0.2) is 4.98 Å². The van der Waals surface area contributed by atoms with Crippen molar-refractivity contribution in [1.29, 1.82) is 0 Å². The first-order valence-corrected chi connectivity index (χ1v) is 8.24. The van der Waals surface area contributed by atoms with Crippen molar-refractivity contribution >= 4 is 23.1 Å². The summed E-state index contributed by atoms with van der Waals surface area (Å²) in [4.78, 5) is 25.0. The van der Waals surface area contributed by atoms with Gasteiger partial charge in [-0.05, 0) is 0 Å². The van der Waals surface area contributed by atoms with Gasteiger partial charge in [0.2, 0.25) is 11.9 Å². The Morgan fingerprint density at radius 3 is 2.62 bits per heavy atom. The minimum Gasteiger partial charge on any atom is -0.394 e. The second-order valence-electron chi connectivity index (χ2n) is 6.23. The van der Waals surface area contributed by atoms with E-state index in [1.54, 1.807) is 0 Å². The number of nitrogens with two attached hydrogens (primary N) is 1. The third-order valence-corrected chi connectivity index (χ3v) is 4.62. The smallest absolute Gasteiger partial charge is 0.280 e. The Bertz CT molecular complexity index is 861. The van der Waals surface area contributed by atoms with Crippen molar-refractivity contribution < 1.29 is 24.8 Å². The van der Waals surface area contributed by atoms with E-state index in [0.29, 0.717) is 32.3 Å². The first-order valence-electron chi connectivity index (χ1n) is 8.24. The quantitative estimate of drug-likeness (QED) is 0.379. The zero-order valence-corrected chi connectivity index (χ0v) is 13.8. The Labute approximate surface area is 146 Å². The maximum Gasteiger partial charge on any atom is 0.280 e. The first kappa shape index (κ1) is 17.2. The molecule has 0 amide bonds. The molecule has 26 heavy (non-hydrogen) atoms. The van der Waals surface area contributed by atoms with E-state index in [1.165, 1.54) is 4.57 Å². The monoisotopic (exact) mass is 368 g/mol. The van der Waals surface area contributed by atoms with Gasteiger partial charge >= 0.3 is 0 Å². The van der Waals surface area contributed by atoms with Crippen molar-refractivity contribution in [1.82, 2.24) is 19.5 Å². The van der Waals surface area contributed by atoms with Crippen LogP contribution >= 0.6 is 0 Å². The number of aromatic nitrogens is 4. The van der Waals surface area contributed by atoms with Crippen LogP contribution in [0.15, 0.2) is 4.79 Å². The van der Waals surface area contributed by atoms with Crippen LogP contribution in [0.4, 0.5) is 11.9 Å². The summed E-state index contributed by atoms with van der Waals surface area (Å²) in [5, 5.41) is 29.9. The molecule has 12 heteroatoms. The Hall–Kier alpha value is -2.25. The number of imidazole rings is 1. The highest BCUT2D eigenvalue weighted by Gasteiger charge is 2.45. The number of aliphatic hydroxyl groups excluding tert-OH is 3. The maximum absolute atomic E-state index is 12.2. The van der Waals surface area contributed by atoms with Crippen LogP contribution in [0.5, 0.6) is 0 Å². The van der Waals surface area contributed by atoms with E-state index < -0.39 is 36.7 Å². The normalized spacial score (nSPS) is 29.6. The molecule has 0 saturated carbocycles. The maximum atomic E-state index is 12.2. The molecule has 12 nitrogen and oxygen atoms in total. The molecule has 0 aromatic carbocycles. The summed E-state index contributed by atoms with van der Waals surface area (Å²) < 4.78 is 12.4. The molecule has 4 heterocycles. The molecule has 4 atom stereocenters. The molecule has 2 fully saturated rings. The number of aromatic amines is 1. The van der Waals surface area contributed by atoms with Crippen LogP contribution in [-0.4, -0.2) is 86.1 Å². The van der Waals surface area contributed by atoms with E-state index in [9.17, 15) is 20.1 Å². The number of aliphatic hydroxyl groups is 3. The minimum atomic E-state index is -1.34. The van der Waals surface area contributed by atoms with Gasteiger partial charge in [0.15, 0.2) is 17.4 Å². The van der Waals surface area contributed by atoms with Gasteiger partial charge in [0.05, 0.1) is 19.8 Å². The molecule has 4 rings (SSSR count). The number of ether oxygens (including phenoxy) is 2. The van der Waals surface area contributed by atoms with E-state index in [1.807, 2.05) is 4.90 Å². The Morgan fingerprint density at radius 1 is 1.23 bits per heavy atom. The topological polar surface area (TPSA) is 172 Å². The molecule has 0 aliphatic carbocycles. The van der Waals surface area contributed by atoms with Crippen molar-refractivity contribution in [2.75, 3.05) is 43.5 Å². The van der Waals surface area contributed by atoms with Crippen molar-refractivity contribution in [2.24, 2.45) is 0 Å². The number of rotatable bonds is 3. The van der Waals surface area contributed by atoms with Gasteiger partial charge in [-0.3, -0.25) is 14.3 Å². The molecule has 0 unspecified atom stereocenters. The molecule has 2 aromatic heterocycles. The molecule has 0 radical (unpaired) electrons. The lowest BCUT2D eigenvalue weighted by atomic mass is 10.1. The van der Waals surface area contributed by atoms with E-state index in [2.05, 4.69) is 15.0 Å². The molecule has 2 aliphatic heterocycles. The minimum absolute atomic E-state index is 0.0402. The van der Waals surface area contributed by atoms with E-state index in [-0.39, 0.29) is 17.1 Å². The highest BCUT2D eigenvalue weighted by Crippen LogP contribution is 2.35. The van der Waals surface area contributed by atoms with E-state index >= 15 is 0 Å². The number of nitrogens with zero attached hydrogens (tertiary/aromatic N) is 4. The Balaban J connectivity index is 1.89. The van der Waals surface area contributed by atoms with Gasteiger partial charge in [0.25, 0.3) is 5.56 Å². The molecule has 142 valence electrons. The van der Waals surface area contributed by atoms with Crippen LogP contribution in [0.3, 0.4) is 0 Å². The van der Waals surface area contributed by atoms with Crippen LogP contribution in [0.25, 0.3) is 11.2 Å². The first-order chi connectivity index (χ1) is 12.5. The number of anilines is 2. The molecular weight excluding hydrogens is 348 g/mol. The van der Waals surface area contributed by atoms with Gasteiger partial charge in [0, 0.05) is 13.1 Å². The van der Waals surface area contributed by atoms with E-state index in [4.69, 9.17) is 15.2 Å². The number of fused-ring (bicyclic) bond motifs is 1. The standard InChI is InChI=1S/C14H20N6O6/c15-13-17-10-7(11(24)18-13)16-14(19-1-3-25-4-2-19)20(10)12-9(23)8(22)6(5-21)26-12/h6,8-9,12,21-23H,1-5H2,(H3,15,17,18,24)/t6-,8-,9-,12-/m0/s1. The van der Waals surface area contributed by atoms with Gasteiger partial charge < -0.3 is 35.4 Å². The van der Waals surface area contributed by atoms with Gasteiger partial charge in [-0.2, -0.15) is 4.98 Å². The number of nitrogens with one attached hydrogen (secondary N) is 1. The van der Waals surface area contributed by atoms with Crippen LogP contribution < -0.4 is 16.2 Å². The lowest BCUT2D eigenvalue weighted by Gasteiger charge is -2.30. The molecule has 0 spiro atoms. The van der Waals surface area contributed by atoms with Crippen LogP contribution in [-0.2, 0) is 9.47 Å². The van der Waals surface area contributed by atoms with Crippen molar-refractivity contribution in [3.63, 3.8) is 0 Å². The molecule has 2 aliphatic rings. The zero-order valence-electron chi connectivity index (χ0n) is 13.8. The van der Waals surface area contributed by atoms with Gasteiger partial charge in [0.1, 0.15) is 18.3 Å². The fourth-order valence-corrected chi connectivity index (χ4v) is 3.30. The average molecular weight is 368 g/mol. The second-order valence-corrected chi connectivity index (χ2v) is 6.23. The highest BCUT2D eigenvalue weighted by atomic mass is 16.6. The summed E-state index contributed by atoms with van der Waals surface area (Å²) in [6.45, 7) is 1.53. The third-order valence-electron chi connectivity index (χ3n) is 4.62. The fourth-order valence-electron chi connectivity index (χ4n) is 3.30. The summed E-state index contributed by atoms with van der Waals surface area (Å²) in [5.74, 6) is 0.241. The largest absolute Gasteiger partial charge is 0.394 e. The highest BCUT2D eigenvalue weighted by molar-refractivity contribution is 5.75. The van der Waals surface area contributed by atoms with Crippen molar-refractivity contribution in [2.45, 2.75) is 24.5 Å². The van der Waals surface area contributed by atoms with E-state index in [0.717, 1.165) is 0 Å². The number of H-pyrrole nitrogens is 1. The summed E-state index contributed by atoms with van der Waals surface area (Å²) in [6, 6.07) is 0. The van der Waals surface area contributed by atoms with Crippen LogP contribution in [0.1, 0.15) is 6.23 Å². The molecule has 2 aromatic rings. The second kappa shape index (κ2) is 6.48. The summed E-state index contributed by atoms with van der Waals surface area (Å²) in [7, 11) is 0. The van der Waals surface area contributed by atoms with Crippen LogP contribution in [0, 0.1) is 0 Å². The molecule has 2 saturated heterocycles. The van der Waals surface area contributed by atoms with Crippen LogP contribution in [0.2, 0.25) is 0 Å². The summed E-state index contributed by atoms with van der Waals surface area (Å²) >= 11 is 0. The van der Waals surface area contributed by atoms with Gasteiger partial charge in [-0.1, -0.05) is 0 Å². The fraction of sp³-hybridized carbons (Fsp3) is 0.643. The summed E-state index contributed by atoms with van der Waals surface area (Å²) in [6.07, 6.45) is -4.69. The number of nitrogen functional groups attached to an aromatic ring is 1. The molecule has 0 bridgehead atoms. The molecular formula is C14H20N6O6. The predicted octanol–water partition coefficient (Wildman–Crippen LogP) is -2.85. The SMILES string of the molecule is Nc1nc2c(nc(N3CCOCC3)n2[C@H]2O[C@@H](CO)[C@H](O)[C@@H]2O)c(=O)[nH]1. The van der Waals surface area contributed by atoms with Crippen molar-refractivity contribution in [3.05, 3.63) is 10.4 Å². The lowest BCUT2D eigenvalue weighted by molar-refractivity contribution is -0.0506. The van der Waals surface area contributed by atoms with Gasteiger partial charge in [-0.15, -0.1) is 0 Å². The van der Waals surface area contributed by atoms with Crippen molar-refractivity contribution in [3.8, 4) is 0 Å².